The number of hydrogen-bond donors (Lipinski definition) is 1. The Kier molecular flexibility index (Phi) is 2.62. The molecule has 3 rings (SSSR count). The van der Waals surface area contributed by atoms with Crippen LogP contribution in [-0.2, 0) is 11.8 Å². The largest absolute Gasteiger partial charge is 0.378 e. The zero-order valence-electron chi connectivity index (χ0n) is 10.6. The lowest BCUT2D eigenvalue weighted by Crippen LogP contribution is -2.64. The molecule has 2 fully saturated rings. The summed E-state index contributed by atoms with van der Waals surface area (Å²) in [5.41, 5.74) is 0.410. The minimum Gasteiger partial charge on any atom is -0.378 e. The average molecular weight is 235 g/mol. The molecule has 0 radical (unpaired) electrons. The monoisotopic (exact) mass is 235 g/mol. The molecule has 0 bridgehead atoms. The van der Waals surface area contributed by atoms with E-state index in [-0.39, 0.29) is 0 Å². The van der Waals surface area contributed by atoms with Crippen molar-refractivity contribution in [3.8, 4) is 0 Å². The minimum atomic E-state index is 0.410. The van der Waals surface area contributed by atoms with Crippen LogP contribution in [0.15, 0.2) is 12.3 Å². The quantitative estimate of drug-likeness (QED) is 0.869. The SMILES string of the molecule is CCOC1CC(Nc2ccn(C)n2)C12CCC2. The Morgan fingerprint density at radius 1 is 1.59 bits per heavy atom. The fourth-order valence-electron chi connectivity index (χ4n) is 3.31. The molecule has 0 aromatic carbocycles. The van der Waals surface area contributed by atoms with Crippen molar-refractivity contribution in [2.45, 2.75) is 44.8 Å². The maximum atomic E-state index is 5.84. The van der Waals surface area contributed by atoms with E-state index in [1.54, 1.807) is 0 Å². The van der Waals surface area contributed by atoms with Gasteiger partial charge in [0.1, 0.15) is 5.82 Å². The molecule has 2 unspecified atom stereocenters. The molecular weight excluding hydrogens is 214 g/mol. The summed E-state index contributed by atoms with van der Waals surface area (Å²) in [6.07, 6.45) is 7.55. The van der Waals surface area contributed by atoms with E-state index in [0.29, 0.717) is 17.6 Å². The Bertz CT molecular complexity index is 397. The van der Waals surface area contributed by atoms with Crippen LogP contribution in [0.25, 0.3) is 0 Å². The number of nitrogens with zero attached hydrogens (tertiary/aromatic N) is 2. The highest BCUT2D eigenvalue weighted by molar-refractivity contribution is 5.37. The average Bonchev–Trinajstić information content (AvgIpc) is 2.60. The van der Waals surface area contributed by atoms with Gasteiger partial charge in [0.2, 0.25) is 0 Å². The Morgan fingerprint density at radius 3 is 2.94 bits per heavy atom. The Morgan fingerprint density at radius 2 is 2.41 bits per heavy atom. The van der Waals surface area contributed by atoms with Crippen molar-refractivity contribution in [2.75, 3.05) is 11.9 Å². The van der Waals surface area contributed by atoms with Gasteiger partial charge in [-0.25, -0.2) is 0 Å². The van der Waals surface area contributed by atoms with E-state index in [9.17, 15) is 0 Å². The number of ether oxygens (including phenoxy) is 1. The van der Waals surface area contributed by atoms with Crippen LogP contribution in [-0.4, -0.2) is 28.5 Å². The van der Waals surface area contributed by atoms with Gasteiger partial charge in [-0.2, -0.15) is 5.10 Å². The lowest BCUT2D eigenvalue weighted by molar-refractivity contribution is -0.157. The first-order valence-electron chi connectivity index (χ1n) is 6.62. The second-order valence-electron chi connectivity index (χ2n) is 5.34. The van der Waals surface area contributed by atoms with Gasteiger partial charge in [0, 0.05) is 37.4 Å². The first kappa shape index (κ1) is 11.1. The fourth-order valence-corrected chi connectivity index (χ4v) is 3.31. The van der Waals surface area contributed by atoms with Crippen molar-refractivity contribution in [3.63, 3.8) is 0 Å². The van der Waals surface area contributed by atoms with Gasteiger partial charge in [-0.1, -0.05) is 6.42 Å². The molecular formula is C13H21N3O. The number of aryl methyl sites for hydroxylation is 1. The van der Waals surface area contributed by atoms with Crippen LogP contribution < -0.4 is 5.32 Å². The van der Waals surface area contributed by atoms with Crippen LogP contribution in [0.3, 0.4) is 0 Å². The second-order valence-corrected chi connectivity index (χ2v) is 5.34. The molecule has 2 aliphatic rings. The highest BCUT2D eigenvalue weighted by atomic mass is 16.5. The van der Waals surface area contributed by atoms with E-state index >= 15 is 0 Å². The van der Waals surface area contributed by atoms with Gasteiger partial charge in [-0.15, -0.1) is 0 Å². The van der Waals surface area contributed by atoms with E-state index in [4.69, 9.17) is 4.74 Å². The van der Waals surface area contributed by atoms with E-state index in [2.05, 4.69) is 17.3 Å². The predicted octanol–water partition coefficient (Wildman–Crippen LogP) is 2.18. The van der Waals surface area contributed by atoms with Gasteiger partial charge in [0.25, 0.3) is 0 Å². The maximum Gasteiger partial charge on any atom is 0.148 e. The topological polar surface area (TPSA) is 39.1 Å². The molecule has 2 saturated carbocycles. The highest BCUT2D eigenvalue weighted by Gasteiger charge is 2.59. The smallest absolute Gasteiger partial charge is 0.148 e. The molecule has 1 heterocycles. The fraction of sp³-hybridized carbons (Fsp3) is 0.769. The summed E-state index contributed by atoms with van der Waals surface area (Å²) in [5.74, 6) is 0.999. The third-order valence-corrected chi connectivity index (χ3v) is 4.47. The summed E-state index contributed by atoms with van der Waals surface area (Å²) < 4.78 is 7.68. The molecule has 17 heavy (non-hydrogen) atoms. The summed E-state index contributed by atoms with van der Waals surface area (Å²) in [4.78, 5) is 0. The van der Waals surface area contributed by atoms with Crippen LogP contribution in [0.1, 0.15) is 32.6 Å². The summed E-state index contributed by atoms with van der Waals surface area (Å²) in [6, 6.07) is 2.60. The van der Waals surface area contributed by atoms with Crippen LogP contribution in [0.4, 0.5) is 5.82 Å². The summed E-state index contributed by atoms with van der Waals surface area (Å²) in [6.45, 7) is 2.93. The number of hydrogen-bond acceptors (Lipinski definition) is 3. The van der Waals surface area contributed by atoms with Gasteiger partial charge in [0.05, 0.1) is 6.10 Å². The zero-order chi connectivity index (χ0) is 11.9. The van der Waals surface area contributed by atoms with Crippen LogP contribution in [0, 0.1) is 5.41 Å². The minimum absolute atomic E-state index is 0.410. The molecule has 4 heteroatoms. The molecule has 1 spiro atoms. The second kappa shape index (κ2) is 4.02. The van der Waals surface area contributed by atoms with Gasteiger partial charge >= 0.3 is 0 Å². The predicted molar refractivity (Wildman–Crippen MR) is 66.9 cm³/mol. The zero-order valence-corrected chi connectivity index (χ0v) is 10.6. The van der Waals surface area contributed by atoms with Crippen molar-refractivity contribution in [2.24, 2.45) is 12.5 Å². The van der Waals surface area contributed by atoms with E-state index in [1.165, 1.54) is 19.3 Å². The molecule has 2 atom stereocenters. The molecule has 1 N–H and O–H groups in total. The van der Waals surface area contributed by atoms with E-state index in [0.717, 1.165) is 18.8 Å². The molecule has 1 aromatic rings. The van der Waals surface area contributed by atoms with Gasteiger partial charge in [-0.05, 0) is 26.2 Å². The van der Waals surface area contributed by atoms with Crippen LogP contribution >= 0.6 is 0 Å². The third-order valence-electron chi connectivity index (χ3n) is 4.47. The number of anilines is 1. The lowest BCUT2D eigenvalue weighted by Gasteiger charge is -2.61. The summed E-state index contributed by atoms with van der Waals surface area (Å²) in [5, 5.41) is 7.96. The number of aromatic nitrogens is 2. The van der Waals surface area contributed by atoms with Crippen molar-refractivity contribution in [1.29, 1.82) is 0 Å². The summed E-state index contributed by atoms with van der Waals surface area (Å²) >= 11 is 0. The first-order chi connectivity index (χ1) is 8.24. The van der Waals surface area contributed by atoms with Gasteiger partial charge in [0.15, 0.2) is 0 Å². The van der Waals surface area contributed by atoms with Gasteiger partial charge < -0.3 is 10.1 Å². The standard InChI is InChI=1S/C13H21N3O/c1-3-17-11-9-10(13(11)6-4-7-13)14-12-5-8-16(2)15-12/h5,8,10-11H,3-4,6-7,9H2,1-2H3,(H,14,15). The molecule has 4 nitrogen and oxygen atoms in total. The van der Waals surface area contributed by atoms with Crippen molar-refractivity contribution >= 4 is 5.82 Å². The van der Waals surface area contributed by atoms with E-state index in [1.807, 2.05) is 24.0 Å². The molecule has 2 aliphatic carbocycles. The van der Waals surface area contributed by atoms with E-state index < -0.39 is 0 Å². The normalized spacial score (nSPS) is 29.8. The molecule has 0 saturated heterocycles. The van der Waals surface area contributed by atoms with Gasteiger partial charge in [-0.3, -0.25) is 4.68 Å². The van der Waals surface area contributed by atoms with Crippen LogP contribution in [0.5, 0.6) is 0 Å². The van der Waals surface area contributed by atoms with Crippen molar-refractivity contribution in [3.05, 3.63) is 12.3 Å². The number of nitrogens with one attached hydrogen (secondary N) is 1. The van der Waals surface area contributed by atoms with Crippen molar-refractivity contribution < 1.29 is 4.74 Å². The van der Waals surface area contributed by atoms with Crippen LogP contribution in [0.2, 0.25) is 0 Å². The summed E-state index contributed by atoms with van der Waals surface area (Å²) in [7, 11) is 1.95. The molecule has 0 amide bonds. The first-order valence-corrected chi connectivity index (χ1v) is 6.62. The Balaban J connectivity index is 1.65. The molecule has 94 valence electrons. The highest BCUT2D eigenvalue weighted by Crippen LogP contribution is 2.57. The lowest BCUT2D eigenvalue weighted by atomic mass is 9.51. The maximum absolute atomic E-state index is 5.84. The molecule has 1 aromatic heterocycles. The number of rotatable bonds is 4. The Labute approximate surface area is 102 Å². The molecule has 0 aliphatic heterocycles. The third kappa shape index (κ3) is 1.66. The van der Waals surface area contributed by atoms with Crippen molar-refractivity contribution in [1.82, 2.24) is 9.78 Å². The Hall–Kier alpha value is -1.03.